The van der Waals surface area contributed by atoms with Crippen LogP contribution in [0.1, 0.15) is 34.5 Å². The van der Waals surface area contributed by atoms with Crippen LogP contribution in [0, 0.1) is 12.7 Å². The van der Waals surface area contributed by atoms with Gasteiger partial charge in [-0.05, 0) is 31.5 Å². The van der Waals surface area contributed by atoms with E-state index in [9.17, 15) is 9.18 Å². The van der Waals surface area contributed by atoms with Gasteiger partial charge in [0.25, 0.3) is 5.91 Å². The van der Waals surface area contributed by atoms with E-state index in [0.717, 1.165) is 11.1 Å². The molecule has 0 aliphatic rings. The molecule has 5 heteroatoms. The summed E-state index contributed by atoms with van der Waals surface area (Å²) in [5.74, 6) is 4.34. The van der Waals surface area contributed by atoms with Crippen LogP contribution in [-0.2, 0) is 0 Å². The van der Waals surface area contributed by atoms with E-state index in [-0.39, 0.29) is 23.2 Å². The van der Waals surface area contributed by atoms with Crippen LogP contribution in [0.5, 0.6) is 0 Å². The number of benzene rings is 2. The highest BCUT2D eigenvalue weighted by atomic mass is 19.1. The molecule has 1 unspecified atom stereocenters. The lowest BCUT2D eigenvalue weighted by atomic mass is 10.1. The van der Waals surface area contributed by atoms with Gasteiger partial charge in [0, 0.05) is 0 Å². The summed E-state index contributed by atoms with van der Waals surface area (Å²) in [6.45, 7) is 3.87. The Morgan fingerprint density at radius 2 is 1.86 bits per heavy atom. The number of rotatable bonds is 4. The molecule has 4 N–H and O–H groups in total. The first kappa shape index (κ1) is 15.0. The minimum atomic E-state index is -0.562. The number of hydrazine groups is 1. The van der Waals surface area contributed by atoms with E-state index in [1.807, 2.05) is 38.1 Å². The van der Waals surface area contributed by atoms with Gasteiger partial charge in [-0.15, -0.1) is 0 Å². The van der Waals surface area contributed by atoms with E-state index in [2.05, 4.69) is 10.7 Å². The van der Waals surface area contributed by atoms with Crippen molar-refractivity contribution < 1.29 is 9.18 Å². The Morgan fingerprint density at radius 3 is 2.48 bits per heavy atom. The summed E-state index contributed by atoms with van der Waals surface area (Å²) in [7, 11) is 0. The Kier molecular flexibility index (Phi) is 4.55. The van der Waals surface area contributed by atoms with E-state index < -0.39 is 5.82 Å². The number of halogens is 1. The fraction of sp³-hybridized carbons (Fsp3) is 0.188. The van der Waals surface area contributed by atoms with Crippen molar-refractivity contribution in [1.82, 2.24) is 5.32 Å². The maximum absolute atomic E-state index is 13.6. The van der Waals surface area contributed by atoms with E-state index >= 15 is 0 Å². The van der Waals surface area contributed by atoms with Gasteiger partial charge in [0.05, 0.1) is 17.3 Å². The number of nitrogen functional groups attached to an aromatic ring is 1. The summed E-state index contributed by atoms with van der Waals surface area (Å²) in [5.41, 5.74) is 4.53. The lowest BCUT2D eigenvalue weighted by Gasteiger charge is -2.16. The molecular weight excluding hydrogens is 269 g/mol. The van der Waals surface area contributed by atoms with Crippen molar-refractivity contribution in [2.45, 2.75) is 19.9 Å². The van der Waals surface area contributed by atoms with Gasteiger partial charge in [-0.3, -0.25) is 10.6 Å². The molecule has 1 amide bonds. The minimum absolute atomic E-state index is 0.00824. The third-order valence-electron chi connectivity index (χ3n) is 3.33. The number of hydrogen-bond acceptors (Lipinski definition) is 3. The van der Waals surface area contributed by atoms with Gasteiger partial charge in [0.2, 0.25) is 0 Å². The minimum Gasteiger partial charge on any atom is -0.345 e. The molecule has 0 radical (unpaired) electrons. The molecule has 4 nitrogen and oxygen atoms in total. The molecular formula is C16H18FN3O. The number of anilines is 1. The van der Waals surface area contributed by atoms with E-state index in [0.29, 0.717) is 0 Å². The van der Waals surface area contributed by atoms with E-state index in [1.54, 1.807) is 0 Å². The van der Waals surface area contributed by atoms with Crippen LogP contribution in [0.25, 0.3) is 0 Å². The summed E-state index contributed by atoms with van der Waals surface area (Å²) in [6, 6.07) is 11.9. The molecule has 0 heterocycles. The van der Waals surface area contributed by atoms with Crippen molar-refractivity contribution >= 4 is 11.6 Å². The molecule has 0 spiro atoms. The van der Waals surface area contributed by atoms with Crippen molar-refractivity contribution in [3.63, 3.8) is 0 Å². The van der Waals surface area contributed by atoms with Crippen LogP contribution in [0.4, 0.5) is 10.1 Å². The van der Waals surface area contributed by atoms with Gasteiger partial charge in [-0.1, -0.05) is 35.9 Å². The summed E-state index contributed by atoms with van der Waals surface area (Å²) in [5, 5.41) is 2.83. The largest absolute Gasteiger partial charge is 0.345 e. The summed E-state index contributed by atoms with van der Waals surface area (Å²) in [4.78, 5) is 12.3. The SMILES string of the molecule is Cc1ccc(C(C)NC(=O)c2cccc(F)c2NN)cc1. The number of nitrogens with two attached hydrogens (primary N) is 1. The molecule has 0 saturated heterocycles. The summed E-state index contributed by atoms with van der Waals surface area (Å²) < 4.78 is 13.6. The van der Waals surface area contributed by atoms with E-state index in [1.165, 1.54) is 18.2 Å². The standard InChI is InChI=1S/C16H18FN3O/c1-10-6-8-12(9-7-10)11(2)19-16(21)13-4-3-5-14(17)15(13)20-18/h3-9,11,20H,18H2,1-2H3,(H,19,21). The number of hydrogen-bond donors (Lipinski definition) is 3. The fourth-order valence-electron chi connectivity index (χ4n) is 2.07. The normalized spacial score (nSPS) is 11.8. The first-order valence-corrected chi connectivity index (χ1v) is 6.65. The molecule has 0 aromatic heterocycles. The highest BCUT2D eigenvalue weighted by Gasteiger charge is 2.16. The molecule has 2 rings (SSSR count). The number of para-hydroxylation sites is 1. The zero-order chi connectivity index (χ0) is 15.4. The molecule has 0 aliphatic heterocycles. The maximum Gasteiger partial charge on any atom is 0.254 e. The van der Waals surface area contributed by atoms with Crippen LogP contribution in [0.15, 0.2) is 42.5 Å². The lowest BCUT2D eigenvalue weighted by Crippen LogP contribution is -2.28. The van der Waals surface area contributed by atoms with Crippen LogP contribution >= 0.6 is 0 Å². The smallest absolute Gasteiger partial charge is 0.254 e. The Hall–Kier alpha value is -2.40. The third kappa shape index (κ3) is 3.38. The quantitative estimate of drug-likeness (QED) is 0.598. The number of aryl methyl sites for hydroxylation is 1. The third-order valence-corrected chi connectivity index (χ3v) is 3.33. The lowest BCUT2D eigenvalue weighted by molar-refractivity contribution is 0.0940. The Balaban J connectivity index is 2.18. The van der Waals surface area contributed by atoms with Crippen LogP contribution < -0.4 is 16.6 Å². The van der Waals surface area contributed by atoms with Crippen molar-refractivity contribution in [3.05, 3.63) is 65.0 Å². The highest BCUT2D eigenvalue weighted by Crippen LogP contribution is 2.20. The van der Waals surface area contributed by atoms with Crippen molar-refractivity contribution in [2.75, 3.05) is 5.43 Å². The summed E-state index contributed by atoms with van der Waals surface area (Å²) >= 11 is 0. The van der Waals surface area contributed by atoms with Gasteiger partial charge in [-0.2, -0.15) is 0 Å². The molecule has 0 saturated carbocycles. The first-order chi connectivity index (χ1) is 10.0. The molecule has 21 heavy (non-hydrogen) atoms. The molecule has 0 aliphatic carbocycles. The van der Waals surface area contributed by atoms with Crippen LogP contribution in [-0.4, -0.2) is 5.91 Å². The zero-order valence-electron chi connectivity index (χ0n) is 12.0. The number of amides is 1. The average molecular weight is 287 g/mol. The maximum atomic E-state index is 13.6. The number of carbonyl (C=O) groups is 1. The first-order valence-electron chi connectivity index (χ1n) is 6.65. The Bertz CT molecular complexity index is 640. The molecule has 110 valence electrons. The molecule has 2 aromatic carbocycles. The number of nitrogens with one attached hydrogen (secondary N) is 2. The van der Waals surface area contributed by atoms with Crippen molar-refractivity contribution in [3.8, 4) is 0 Å². The summed E-state index contributed by atoms with van der Waals surface area (Å²) in [6.07, 6.45) is 0. The zero-order valence-corrected chi connectivity index (χ0v) is 12.0. The van der Waals surface area contributed by atoms with Gasteiger partial charge in [-0.25, -0.2) is 4.39 Å². The van der Waals surface area contributed by atoms with Crippen LogP contribution in [0.2, 0.25) is 0 Å². The topological polar surface area (TPSA) is 67.2 Å². The second-order valence-electron chi connectivity index (χ2n) is 4.91. The van der Waals surface area contributed by atoms with E-state index in [4.69, 9.17) is 5.84 Å². The van der Waals surface area contributed by atoms with Crippen molar-refractivity contribution in [1.29, 1.82) is 0 Å². The van der Waals surface area contributed by atoms with Gasteiger partial charge in [0.15, 0.2) is 0 Å². The Labute approximate surface area is 123 Å². The average Bonchev–Trinajstić information content (AvgIpc) is 2.47. The van der Waals surface area contributed by atoms with Gasteiger partial charge < -0.3 is 10.7 Å². The predicted molar refractivity (Wildman–Crippen MR) is 81.3 cm³/mol. The van der Waals surface area contributed by atoms with Gasteiger partial charge >= 0.3 is 0 Å². The molecule has 0 bridgehead atoms. The molecule has 2 aromatic rings. The molecule has 1 atom stereocenters. The second-order valence-corrected chi connectivity index (χ2v) is 4.91. The van der Waals surface area contributed by atoms with Crippen molar-refractivity contribution in [2.24, 2.45) is 5.84 Å². The number of carbonyl (C=O) groups excluding carboxylic acids is 1. The second kappa shape index (κ2) is 6.37. The Morgan fingerprint density at radius 1 is 1.19 bits per heavy atom. The predicted octanol–water partition coefficient (Wildman–Crippen LogP) is 2.91. The monoisotopic (exact) mass is 287 g/mol. The van der Waals surface area contributed by atoms with Crippen LogP contribution in [0.3, 0.4) is 0 Å². The van der Waals surface area contributed by atoms with Gasteiger partial charge in [0.1, 0.15) is 5.82 Å². The molecule has 0 fully saturated rings. The highest BCUT2D eigenvalue weighted by molar-refractivity contribution is 5.99. The fourth-order valence-corrected chi connectivity index (χ4v) is 2.07.